The van der Waals surface area contributed by atoms with Crippen LogP contribution in [0.3, 0.4) is 0 Å². The molecule has 0 bridgehead atoms. The second-order valence-corrected chi connectivity index (χ2v) is 5.56. The topological polar surface area (TPSA) is 81.1 Å². The predicted octanol–water partition coefficient (Wildman–Crippen LogP) is 1.41. The van der Waals surface area contributed by atoms with Gasteiger partial charge in [-0.15, -0.1) is 24.8 Å². The lowest BCUT2D eigenvalue weighted by atomic mass is 10.1. The lowest BCUT2D eigenvalue weighted by molar-refractivity contribution is -0.129. The fourth-order valence-electron chi connectivity index (χ4n) is 2.71. The Bertz CT molecular complexity index is 695. The minimum absolute atomic E-state index is 0. The molecule has 3 heterocycles. The van der Waals surface area contributed by atoms with Gasteiger partial charge in [0.2, 0.25) is 5.91 Å². The largest absolute Gasteiger partial charge is 0.375 e. The maximum Gasteiger partial charge on any atom is 0.240 e. The standard InChI is InChI=1S/C16H21N5O2.2ClH/c1-11-14(18-7-9-23-11)16(22)20-10-13-4-3-5-19-15(13)21-8-6-17-12(21)2;;/h3-6,8,11,14,18H,7,9-10H2,1-2H3,(H,20,22);2*1H/t11-,14+;;/m1../s1. The van der Waals surface area contributed by atoms with E-state index in [4.69, 9.17) is 4.74 Å². The third kappa shape index (κ3) is 4.92. The van der Waals surface area contributed by atoms with E-state index in [2.05, 4.69) is 20.6 Å². The lowest BCUT2D eigenvalue weighted by Gasteiger charge is -2.29. The Morgan fingerprint density at radius 2 is 2.20 bits per heavy atom. The highest BCUT2D eigenvalue weighted by molar-refractivity contribution is 5.85. The normalized spacial score (nSPS) is 19.4. The second-order valence-electron chi connectivity index (χ2n) is 5.56. The van der Waals surface area contributed by atoms with Gasteiger partial charge >= 0.3 is 0 Å². The highest BCUT2D eigenvalue weighted by Crippen LogP contribution is 2.13. The van der Waals surface area contributed by atoms with Gasteiger partial charge < -0.3 is 15.4 Å². The van der Waals surface area contributed by atoms with Crippen LogP contribution in [0.15, 0.2) is 30.7 Å². The van der Waals surface area contributed by atoms with E-state index in [1.807, 2.05) is 36.7 Å². The smallest absolute Gasteiger partial charge is 0.240 e. The van der Waals surface area contributed by atoms with Crippen molar-refractivity contribution < 1.29 is 9.53 Å². The van der Waals surface area contributed by atoms with Crippen LogP contribution >= 0.6 is 24.8 Å². The molecule has 0 aromatic carbocycles. The highest BCUT2D eigenvalue weighted by Gasteiger charge is 2.28. The number of ether oxygens (including phenoxy) is 1. The SMILES string of the molecule is Cc1nccn1-c1ncccc1CNC(=O)[C@H]1NCCO[C@@H]1C.Cl.Cl. The molecular weight excluding hydrogens is 365 g/mol. The summed E-state index contributed by atoms with van der Waals surface area (Å²) >= 11 is 0. The van der Waals surface area contributed by atoms with Crippen LogP contribution in [0.4, 0.5) is 0 Å². The van der Waals surface area contributed by atoms with E-state index in [-0.39, 0.29) is 42.9 Å². The second kappa shape index (κ2) is 9.72. The highest BCUT2D eigenvalue weighted by atomic mass is 35.5. The summed E-state index contributed by atoms with van der Waals surface area (Å²) in [5.41, 5.74) is 0.936. The molecule has 1 fully saturated rings. The summed E-state index contributed by atoms with van der Waals surface area (Å²) in [6.45, 7) is 5.56. The number of carbonyl (C=O) groups is 1. The first-order valence-electron chi connectivity index (χ1n) is 7.73. The molecule has 1 saturated heterocycles. The Hall–Kier alpha value is -1.67. The molecule has 1 amide bonds. The average molecular weight is 388 g/mol. The van der Waals surface area contributed by atoms with E-state index in [9.17, 15) is 4.79 Å². The summed E-state index contributed by atoms with van der Waals surface area (Å²) in [5.74, 6) is 1.57. The molecule has 1 aliphatic heterocycles. The van der Waals surface area contributed by atoms with Crippen LogP contribution in [0.5, 0.6) is 0 Å². The monoisotopic (exact) mass is 387 g/mol. The van der Waals surface area contributed by atoms with Gasteiger partial charge in [0.05, 0.1) is 12.7 Å². The van der Waals surface area contributed by atoms with E-state index >= 15 is 0 Å². The number of aryl methyl sites for hydroxylation is 1. The number of hydrogen-bond donors (Lipinski definition) is 2. The number of amides is 1. The maximum absolute atomic E-state index is 12.4. The predicted molar refractivity (Wildman–Crippen MR) is 99.6 cm³/mol. The zero-order valence-corrected chi connectivity index (χ0v) is 15.8. The number of aromatic nitrogens is 3. The molecular formula is C16H23Cl2N5O2. The Morgan fingerprint density at radius 1 is 1.40 bits per heavy atom. The molecule has 1 aliphatic rings. The molecule has 2 aromatic heterocycles. The first-order chi connectivity index (χ1) is 11.2. The number of halogens is 2. The summed E-state index contributed by atoms with van der Waals surface area (Å²) in [6, 6.07) is 3.50. The number of rotatable bonds is 4. The van der Waals surface area contributed by atoms with Crippen molar-refractivity contribution in [2.24, 2.45) is 0 Å². The zero-order valence-electron chi connectivity index (χ0n) is 14.1. The van der Waals surface area contributed by atoms with Crippen LogP contribution in [-0.2, 0) is 16.1 Å². The zero-order chi connectivity index (χ0) is 16.2. The molecule has 2 aromatic rings. The Kier molecular flexibility index (Phi) is 8.31. The van der Waals surface area contributed by atoms with Crippen LogP contribution < -0.4 is 10.6 Å². The van der Waals surface area contributed by atoms with E-state index in [1.54, 1.807) is 12.4 Å². The van der Waals surface area contributed by atoms with Gasteiger partial charge in [0.1, 0.15) is 17.7 Å². The van der Waals surface area contributed by atoms with Crippen LogP contribution in [0.1, 0.15) is 18.3 Å². The summed E-state index contributed by atoms with van der Waals surface area (Å²) in [4.78, 5) is 21.0. The molecule has 3 rings (SSSR count). The fourth-order valence-corrected chi connectivity index (χ4v) is 2.71. The Balaban J connectivity index is 0.00000156. The van der Waals surface area contributed by atoms with Crippen LogP contribution in [0.2, 0.25) is 0 Å². The number of nitrogens with one attached hydrogen (secondary N) is 2. The van der Waals surface area contributed by atoms with Gasteiger partial charge in [0, 0.05) is 37.2 Å². The van der Waals surface area contributed by atoms with Crippen molar-refractivity contribution in [1.29, 1.82) is 0 Å². The van der Waals surface area contributed by atoms with Gasteiger partial charge in [-0.05, 0) is 19.9 Å². The van der Waals surface area contributed by atoms with Gasteiger partial charge in [0.15, 0.2) is 0 Å². The average Bonchev–Trinajstić information content (AvgIpc) is 2.99. The molecule has 9 heteroatoms. The summed E-state index contributed by atoms with van der Waals surface area (Å²) in [7, 11) is 0. The van der Waals surface area contributed by atoms with Gasteiger partial charge in [0.25, 0.3) is 0 Å². The number of pyridine rings is 1. The minimum Gasteiger partial charge on any atom is -0.375 e. The maximum atomic E-state index is 12.4. The van der Waals surface area contributed by atoms with Gasteiger partial charge in [-0.2, -0.15) is 0 Å². The van der Waals surface area contributed by atoms with Crippen LogP contribution in [-0.4, -0.2) is 45.7 Å². The third-order valence-corrected chi connectivity index (χ3v) is 3.97. The molecule has 0 saturated carbocycles. The van der Waals surface area contributed by atoms with Gasteiger partial charge in [-0.25, -0.2) is 9.97 Å². The number of carbonyl (C=O) groups excluding carboxylic acids is 1. The van der Waals surface area contributed by atoms with Gasteiger partial charge in [-0.1, -0.05) is 6.07 Å². The van der Waals surface area contributed by atoms with E-state index in [0.717, 1.165) is 17.2 Å². The van der Waals surface area contributed by atoms with Crippen molar-refractivity contribution in [2.45, 2.75) is 32.5 Å². The van der Waals surface area contributed by atoms with E-state index < -0.39 is 0 Å². The quantitative estimate of drug-likeness (QED) is 0.828. The van der Waals surface area contributed by atoms with Crippen molar-refractivity contribution in [1.82, 2.24) is 25.2 Å². The summed E-state index contributed by atoms with van der Waals surface area (Å²) in [6.07, 6.45) is 5.20. The lowest BCUT2D eigenvalue weighted by Crippen LogP contribution is -2.55. The molecule has 0 unspecified atom stereocenters. The minimum atomic E-state index is -0.321. The Morgan fingerprint density at radius 3 is 2.88 bits per heavy atom. The molecule has 7 nitrogen and oxygen atoms in total. The first kappa shape index (κ1) is 21.4. The summed E-state index contributed by atoms with van der Waals surface area (Å²) < 4.78 is 7.42. The number of imidazole rings is 1. The molecule has 0 aliphatic carbocycles. The fraction of sp³-hybridized carbons (Fsp3) is 0.438. The van der Waals surface area contributed by atoms with Crippen molar-refractivity contribution in [3.63, 3.8) is 0 Å². The van der Waals surface area contributed by atoms with Gasteiger partial charge in [-0.3, -0.25) is 9.36 Å². The van der Waals surface area contributed by atoms with Crippen LogP contribution in [0.25, 0.3) is 5.82 Å². The molecule has 0 spiro atoms. The number of hydrogen-bond acceptors (Lipinski definition) is 5. The van der Waals surface area contributed by atoms with E-state index in [1.165, 1.54) is 0 Å². The van der Waals surface area contributed by atoms with Crippen molar-refractivity contribution in [2.75, 3.05) is 13.2 Å². The first-order valence-corrected chi connectivity index (χ1v) is 7.73. The van der Waals surface area contributed by atoms with Crippen molar-refractivity contribution in [3.05, 3.63) is 42.1 Å². The molecule has 25 heavy (non-hydrogen) atoms. The van der Waals surface area contributed by atoms with Crippen molar-refractivity contribution >= 4 is 30.7 Å². The third-order valence-electron chi connectivity index (χ3n) is 3.97. The van der Waals surface area contributed by atoms with Crippen LogP contribution in [0, 0.1) is 6.92 Å². The molecule has 2 atom stereocenters. The molecule has 2 N–H and O–H groups in total. The molecule has 0 radical (unpaired) electrons. The van der Waals surface area contributed by atoms with Crippen molar-refractivity contribution in [3.8, 4) is 5.82 Å². The number of morpholine rings is 1. The number of nitrogens with zero attached hydrogens (tertiary/aromatic N) is 3. The Labute approximate surface area is 159 Å². The van der Waals surface area contributed by atoms with E-state index in [0.29, 0.717) is 19.7 Å². The summed E-state index contributed by atoms with van der Waals surface area (Å²) in [5, 5.41) is 6.15. The molecule has 138 valence electrons.